The molecule has 1 aliphatic heterocycles. The van der Waals surface area contributed by atoms with E-state index in [1.165, 1.54) is 0 Å². The Morgan fingerprint density at radius 1 is 1.33 bits per heavy atom. The number of likely N-dealkylation sites (tertiary alicyclic amines) is 1. The minimum Gasteiger partial charge on any atom is -0.395 e. The molecule has 0 amide bonds. The Morgan fingerprint density at radius 3 is 2.90 bits per heavy atom. The lowest BCUT2D eigenvalue weighted by Gasteiger charge is -2.36. The summed E-state index contributed by atoms with van der Waals surface area (Å²) in [5, 5.41) is 9.38. The van der Waals surface area contributed by atoms with Crippen LogP contribution in [0.25, 0.3) is 5.65 Å². The van der Waals surface area contributed by atoms with Crippen molar-refractivity contribution in [2.75, 3.05) is 33.3 Å². The molecule has 0 aliphatic carbocycles. The molecular formula is C15H23N5O. The zero-order valence-corrected chi connectivity index (χ0v) is 12.5. The van der Waals surface area contributed by atoms with Gasteiger partial charge in [0.05, 0.1) is 24.7 Å². The molecule has 114 valence electrons. The van der Waals surface area contributed by atoms with Crippen LogP contribution in [0.3, 0.4) is 0 Å². The highest BCUT2D eigenvalue weighted by Crippen LogP contribution is 2.18. The molecule has 1 aliphatic rings. The molecule has 21 heavy (non-hydrogen) atoms. The molecule has 3 heterocycles. The van der Waals surface area contributed by atoms with Crippen molar-refractivity contribution in [2.45, 2.75) is 25.4 Å². The molecule has 0 bridgehead atoms. The molecule has 0 saturated carbocycles. The molecule has 0 unspecified atom stereocenters. The molecule has 0 atom stereocenters. The summed E-state index contributed by atoms with van der Waals surface area (Å²) in [6.45, 7) is 3.99. The van der Waals surface area contributed by atoms with Gasteiger partial charge in [-0.15, -0.1) is 0 Å². The number of aliphatic hydroxyl groups excluding tert-OH is 1. The molecule has 3 rings (SSSR count). The van der Waals surface area contributed by atoms with Gasteiger partial charge in [-0.1, -0.05) is 0 Å². The highest BCUT2D eigenvalue weighted by Gasteiger charge is 2.23. The Hall–Kier alpha value is -1.50. The van der Waals surface area contributed by atoms with E-state index in [1.807, 2.05) is 12.4 Å². The van der Waals surface area contributed by atoms with Crippen LogP contribution >= 0.6 is 0 Å². The van der Waals surface area contributed by atoms with Crippen molar-refractivity contribution in [1.82, 2.24) is 24.2 Å². The highest BCUT2D eigenvalue weighted by atomic mass is 16.3. The number of fused-ring (bicyclic) bond motifs is 1. The first-order valence-corrected chi connectivity index (χ1v) is 7.57. The van der Waals surface area contributed by atoms with E-state index in [-0.39, 0.29) is 6.61 Å². The summed E-state index contributed by atoms with van der Waals surface area (Å²) in [6, 6.07) is 0.542. The van der Waals surface area contributed by atoms with Crippen LogP contribution in [0.2, 0.25) is 0 Å². The van der Waals surface area contributed by atoms with Crippen LogP contribution in [0.4, 0.5) is 0 Å². The van der Waals surface area contributed by atoms with Gasteiger partial charge in [-0.05, 0) is 33.0 Å². The monoisotopic (exact) mass is 289 g/mol. The number of nitrogens with zero attached hydrogens (tertiary/aromatic N) is 5. The van der Waals surface area contributed by atoms with Gasteiger partial charge in [-0.3, -0.25) is 14.3 Å². The van der Waals surface area contributed by atoms with Gasteiger partial charge in [0.25, 0.3) is 0 Å². The maximum atomic E-state index is 9.38. The second kappa shape index (κ2) is 6.51. The maximum Gasteiger partial charge on any atom is 0.155 e. The van der Waals surface area contributed by atoms with E-state index in [0.29, 0.717) is 12.6 Å². The van der Waals surface area contributed by atoms with Crippen molar-refractivity contribution in [3.63, 3.8) is 0 Å². The fraction of sp³-hybridized carbons (Fsp3) is 0.600. The van der Waals surface area contributed by atoms with Crippen LogP contribution < -0.4 is 0 Å². The van der Waals surface area contributed by atoms with Gasteiger partial charge in [0.15, 0.2) is 5.65 Å². The van der Waals surface area contributed by atoms with Gasteiger partial charge >= 0.3 is 0 Å². The standard InChI is InChI=1S/C15H23N5O/c1-18-5-2-13(3-6-18)19(8-9-21)12-14-10-17-15-11-16-4-7-20(14)15/h4,7,10-11,13,21H,2-3,5-6,8-9,12H2,1H3. The van der Waals surface area contributed by atoms with Crippen LogP contribution in [0, 0.1) is 0 Å². The van der Waals surface area contributed by atoms with Gasteiger partial charge < -0.3 is 10.0 Å². The number of aromatic nitrogens is 3. The Balaban J connectivity index is 1.75. The number of hydrogen-bond donors (Lipinski definition) is 1. The van der Waals surface area contributed by atoms with E-state index in [4.69, 9.17) is 0 Å². The summed E-state index contributed by atoms with van der Waals surface area (Å²) >= 11 is 0. The molecule has 6 heteroatoms. The summed E-state index contributed by atoms with van der Waals surface area (Å²) in [7, 11) is 2.17. The Morgan fingerprint density at radius 2 is 2.14 bits per heavy atom. The Kier molecular flexibility index (Phi) is 4.48. The van der Waals surface area contributed by atoms with E-state index in [1.54, 1.807) is 12.4 Å². The predicted octanol–water partition coefficient (Wildman–Crippen LogP) is 0.618. The van der Waals surface area contributed by atoms with E-state index in [0.717, 1.165) is 43.8 Å². The third-order valence-corrected chi connectivity index (χ3v) is 4.35. The van der Waals surface area contributed by atoms with Crippen molar-refractivity contribution in [3.05, 3.63) is 30.5 Å². The molecule has 6 nitrogen and oxygen atoms in total. The second-order valence-corrected chi connectivity index (χ2v) is 5.78. The van der Waals surface area contributed by atoms with Gasteiger partial charge in [-0.25, -0.2) is 4.98 Å². The van der Waals surface area contributed by atoms with Crippen LogP contribution in [0.15, 0.2) is 24.8 Å². The van der Waals surface area contributed by atoms with Gasteiger partial charge in [0.2, 0.25) is 0 Å². The SMILES string of the molecule is CN1CCC(N(CCO)Cc2cnc3cnccn23)CC1. The van der Waals surface area contributed by atoms with E-state index in [2.05, 4.69) is 31.2 Å². The lowest BCUT2D eigenvalue weighted by atomic mass is 10.0. The largest absolute Gasteiger partial charge is 0.395 e. The molecular weight excluding hydrogens is 266 g/mol. The summed E-state index contributed by atoms with van der Waals surface area (Å²) < 4.78 is 2.08. The summed E-state index contributed by atoms with van der Waals surface area (Å²) in [4.78, 5) is 13.2. The quantitative estimate of drug-likeness (QED) is 0.874. The normalized spacial score (nSPS) is 17.9. The first-order chi connectivity index (χ1) is 10.3. The third kappa shape index (κ3) is 3.23. The Labute approximate surface area is 125 Å². The van der Waals surface area contributed by atoms with Crippen molar-refractivity contribution >= 4 is 5.65 Å². The van der Waals surface area contributed by atoms with Crippen molar-refractivity contribution in [3.8, 4) is 0 Å². The fourth-order valence-corrected chi connectivity index (χ4v) is 3.10. The minimum atomic E-state index is 0.199. The molecule has 1 N–H and O–H groups in total. The summed E-state index contributed by atoms with van der Waals surface area (Å²) in [5.74, 6) is 0. The molecule has 2 aromatic heterocycles. The van der Waals surface area contributed by atoms with Crippen LogP contribution in [-0.2, 0) is 6.54 Å². The van der Waals surface area contributed by atoms with Gasteiger partial charge in [-0.2, -0.15) is 0 Å². The molecule has 1 saturated heterocycles. The van der Waals surface area contributed by atoms with E-state index in [9.17, 15) is 5.11 Å². The number of aliphatic hydroxyl groups is 1. The third-order valence-electron chi connectivity index (χ3n) is 4.35. The fourth-order valence-electron chi connectivity index (χ4n) is 3.10. The molecule has 1 fully saturated rings. The molecule has 0 spiro atoms. The number of imidazole rings is 1. The first kappa shape index (κ1) is 14.4. The smallest absolute Gasteiger partial charge is 0.155 e. The van der Waals surface area contributed by atoms with Crippen LogP contribution in [-0.4, -0.2) is 68.6 Å². The summed E-state index contributed by atoms with van der Waals surface area (Å²) in [6.07, 6.45) is 9.74. The number of rotatable bonds is 5. The predicted molar refractivity (Wildman–Crippen MR) is 81.0 cm³/mol. The highest BCUT2D eigenvalue weighted by molar-refractivity contribution is 5.36. The lowest BCUT2D eigenvalue weighted by molar-refractivity contribution is 0.0929. The minimum absolute atomic E-state index is 0.199. The van der Waals surface area contributed by atoms with Crippen molar-refractivity contribution < 1.29 is 5.11 Å². The Bertz CT molecular complexity index is 576. The van der Waals surface area contributed by atoms with Gasteiger partial charge in [0, 0.05) is 31.5 Å². The van der Waals surface area contributed by atoms with Gasteiger partial charge in [0.1, 0.15) is 0 Å². The van der Waals surface area contributed by atoms with E-state index >= 15 is 0 Å². The average Bonchev–Trinajstić information content (AvgIpc) is 2.91. The van der Waals surface area contributed by atoms with Crippen LogP contribution in [0.1, 0.15) is 18.5 Å². The van der Waals surface area contributed by atoms with Crippen molar-refractivity contribution in [1.29, 1.82) is 0 Å². The zero-order valence-electron chi connectivity index (χ0n) is 12.5. The van der Waals surface area contributed by atoms with Crippen molar-refractivity contribution in [2.24, 2.45) is 0 Å². The maximum absolute atomic E-state index is 9.38. The number of hydrogen-bond acceptors (Lipinski definition) is 5. The average molecular weight is 289 g/mol. The number of piperidine rings is 1. The second-order valence-electron chi connectivity index (χ2n) is 5.78. The summed E-state index contributed by atoms with van der Waals surface area (Å²) in [5.41, 5.74) is 2.03. The first-order valence-electron chi connectivity index (χ1n) is 7.57. The zero-order chi connectivity index (χ0) is 14.7. The van der Waals surface area contributed by atoms with E-state index < -0.39 is 0 Å². The lowest BCUT2D eigenvalue weighted by Crippen LogP contribution is -2.44. The molecule has 0 aromatic carbocycles. The topological polar surface area (TPSA) is 56.9 Å². The molecule has 0 radical (unpaired) electrons. The molecule has 2 aromatic rings. The van der Waals surface area contributed by atoms with Crippen LogP contribution in [0.5, 0.6) is 0 Å².